The van der Waals surface area contributed by atoms with Crippen LogP contribution in [0.5, 0.6) is 0 Å². The van der Waals surface area contributed by atoms with Gasteiger partial charge in [-0.2, -0.15) is 0 Å². The van der Waals surface area contributed by atoms with Crippen molar-refractivity contribution in [2.75, 3.05) is 0 Å². The summed E-state index contributed by atoms with van der Waals surface area (Å²) in [7, 11) is 0. The smallest absolute Gasteiger partial charge is 0.270 e. The lowest BCUT2D eigenvalue weighted by molar-refractivity contribution is -0.177. The summed E-state index contributed by atoms with van der Waals surface area (Å²) in [6.07, 6.45) is 1.80. The van der Waals surface area contributed by atoms with Crippen molar-refractivity contribution in [3.05, 3.63) is 143 Å². The molecule has 2 N–H and O–H groups in total. The van der Waals surface area contributed by atoms with Gasteiger partial charge in [0.15, 0.2) is 0 Å². The van der Waals surface area contributed by atoms with Crippen LogP contribution in [0, 0.1) is 0 Å². The van der Waals surface area contributed by atoms with Gasteiger partial charge in [0.25, 0.3) is 17.7 Å². The molecule has 39 heavy (non-hydrogen) atoms. The largest absolute Gasteiger partial charge is 0.361 e. The number of carbonyl (C=O) groups excluding carboxylic acids is 3. The Morgan fingerprint density at radius 1 is 0.744 bits per heavy atom. The number of amides is 3. The first-order valence-corrected chi connectivity index (χ1v) is 12.7. The molecule has 5 aromatic rings. The molecule has 4 aromatic carbocycles. The number of para-hydroxylation sites is 1. The third-order valence-corrected chi connectivity index (χ3v) is 7.21. The van der Waals surface area contributed by atoms with Crippen molar-refractivity contribution in [3.63, 3.8) is 0 Å². The van der Waals surface area contributed by atoms with E-state index in [2.05, 4.69) is 4.98 Å². The number of aromatic nitrogens is 1. The normalized spacial score (nSPS) is 13.6. The van der Waals surface area contributed by atoms with Crippen LogP contribution in [0.3, 0.4) is 0 Å². The van der Waals surface area contributed by atoms with Crippen molar-refractivity contribution >= 4 is 28.6 Å². The molecule has 1 atom stereocenters. The number of nitrogens with zero attached hydrogens (tertiary/aromatic N) is 2. The van der Waals surface area contributed by atoms with Gasteiger partial charge >= 0.3 is 0 Å². The van der Waals surface area contributed by atoms with Gasteiger partial charge in [-0.1, -0.05) is 91.0 Å². The van der Waals surface area contributed by atoms with Gasteiger partial charge in [-0.25, -0.2) is 5.06 Å². The molecule has 0 fully saturated rings. The molecule has 0 spiro atoms. The molecular weight excluding hydrogens is 490 g/mol. The predicted octanol–water partition coefficient (Wildman–Crippen LogP) is 5.38. The van der Waals surface area contributed by atoms with E-state index in [9.17, 15) is 19.6 Å². The van der Waals surface area contributed by atoms with Gasteiger partial charge in [0, 0.05) is 23.5 Å². The molecule has 0 saturated carbocycles. The van der Waals surface area contributed by atoms with E-state index in [-0.39, 0.29) is 17.5 Å². The molecule has 0 aliphatic carbocycles. The Morgan fingerprint density at radius 3 is 1.85 bits per heavy atom. The SMILES string of the molecule is O=C([C@H](Cc1c[nH]c2ccccc12)N1C(=O)c2ccccc2C1=O)N(O)C(c1ccccc1)c1ccccc1. The average molecular weight is 516 g/mol. The fraction of sp³-hybridized carbons (Fsp3) is 0.0938. The van der Waals surface area contributed by atoms with Crippen LogP contribution in [0.2, 0.25) is 0 Å². The molecule has 3 amide bonds. The molecule has 0 unspecified atom stereocenters. The summed E-state index contributed by atoms with van der Waals surface area (Å²) in [4.78, 5) is 45.5. The molecular formula is C32H25N3O4. The standard InChI is InChI=1S/C32H25N3O4/c36-30-25-16-7-8-17-26(25)31(37)34(30)28(19-23-20-33-27-18-10-9-15-24(23)27)32(38)35(39)29(21-11-3-1-4-12-21)22-13-5-2-6-14-22/h1-18,20,28-29,33,39H,19H2/t28-/m0/s1. The van der Waals surface area contributed by atoms with Gasteiger partial charge in [0.2, 0.25) is 0 Å². The minimum Gasteiger partial charge on any atom is -0.361 e. The first kappa shape index (κ1) is 24.3. The molecule has 1 aliphatic heterocycles. The Kier molecular flexibility index (Phi) is 6.26. The number of H-pyrrole nitrogens is 1. The Morgan fingerprint density at radius 2 is 1.26 bits per heavy atom. The van der Waals surface area contributed by atoms with E-state index in [4.69, 9.17) is 0 Å². The molecule has 0 bridgehead atoms. The van der Waals surface area contributed by atoms with Gasteiger partial charge in [-0.3, -0.25) is 24.5 Å². The number of aromatic amines is 1. The predicted molar refractivity (Wildman–Crippen MR) is 146 cm³/mol. The van der Waals surface area contributed by atoms with Crippen LogP contribution in [0.1, 0.15) is 43.4 Å². The summed E-state index contributed by atoms with van der Waals surface area (Å²) < 4.78 is 0. The fourth-order valence-electron chi connectivity index (χ4n) is 5.31. The van der Waals surface area contributed by atoms with E-state index in [1.807, 2.05) is 84.9 Å². The lowest BCUT2D eigenvalue weighted by Crippen LogP contribution is -2.52. The summed E-state index contributed by atoms with van der Waals surface area (Å²) in [5, 5.41) is 13.1. The van der Waals surface area contributed by atoms with Gasteiger partial charge in [-0.15, -0.1) is 0 Å². The molecule has 7 heteroatoms. The number of nitrogens with one attached hydrogen (secondary N) is 1. The Balaban J connectivity index is 1.44. The minimum atomic E-state index is -1.28. The zero-order valence-electron chi connectivity index (χ0n) is 20.9. The van der Waals surface area contributed by atoms with Crippen LogP contribution in [-0.4, -0.2) is 43.9 Å². The summed E-state index contributed by atoms with van der Waals surface area (Å²) in [5.74, 6) is -1.87. The van der Waals surface area contributed by atoms with E-state index >= 15 is 0 Å². The van der Waals surface area contributed by atoms with Crippen LogP contribution < -0.4 is 0 Å². The van der Waals surface area contributed by atoms with Crippen molar-refractivity contribution in [1.82, 2.24) is 14.9 Å². The third-order valence-electron chi connectivity index (χ3n) is 7.21. The molecule has 6 rings (SSSR count). The second-order valence-corrected chi connectivity index (χ2v) is 9.51. The molecule has 1 aromatic heterocycles. The van der Waals surface area contributed by atoms with E-state index < -0.39 is 29.8 Å². The molecule has 0 radical (unpaired) electrons. The zero-order chi connectivity index (χ0) is 26.9. The van der Waals surface area contributed by atoms with Gasteiger partial charge in [0.1, 0.15) is 12.1 Å². The van der Waals surface area contributed by atoms with Gasteiger partial charge in [-0.05, 0) is 34.9 Å². The number of hydrogen-bond donors (Lipinski definition) is 2. The van der Waals surface area contributed by atoms with Crippen LogP contribution >= 0.6 is 0 Å². The molecule has 1 aliphatic rings. The fourth-order valence-corrected chi connectivity index (χ4v) is 5.31. The molecule has 7 nitrogen and oxygen atoms in total. The average Bonchev–Trinajstić information content (AvgIpc) is 3.50. The summed E-state index contributed by atoms with van der Waals surface area (Å²) in [5.41, 5.74) is 3.48. The maximum Gasteiger partial charge on any atom is 0.270 e. The third kappa shape index (κ3) is 4.28. The Bertz CT molecular complexity index is 1610. The lowest BCUT2D eigenvalue weighted by Gasteiger charge is -2.33. The highest BCUT2D eigenvalue weighted by Gasteiger charge is 2.45. The minimum absolute atomic E-state index is 0.0294. The molecule has 2 heterocycles. The van der Waals surface area contributed by atoms with Crippen molar-refractivity contribution in [2.45, 2.75) is 18.5 Å². The van der Waals surface area contributed by atoms with E-state index in [1.54, 1.807) is 30.5 Å². The monoisotopic (exact) mass is 515 g/mol. The Hall–Kier alpha value is -5.01. The van der Waals surface area contributed by atoms with Crippen molar-refractivity contribution in [3.8, 4) is 0 Å². The van der Waals surface area contributed by atoms with E-state index in [0.29, 0.717) is 16.2 Å². The highest BCUT2D eigenvalue weighted by molar-refractivity contribution is 6.22. The molecule has 0 saturated heterocycles. The maximum absolute atomic E-state index is 14.2. The van der Waals surface area contributed by atoms with Gasteiger partial charge in [0.05, 0.1) is 11.1 Å². The van der Waals surface area contributed by atoms with Crippen LogP contribution in [0.4, 0.5) is 0 Å². The summed E-state index contributed by atoms with van der Waals surface area (Å²) >= 11 is 0. The summed E-state index contributed by atoms with van der Waals surface area (Å²) in [6.45, 7) is 0. The Labute approximate surface area is 224 Å². The van der Waals surface area contributed by atoms with Crippen LogP contribution in [0.15, 0.2) is 115 Å². The van der Waals surface area contributed by atoms with E-state index in [0.717, 1.165) is 21.4 Å². The molecule has 192 valence electrons. The number of carbonyl (C=O) groups is 3. The van der Waals surface area contributed by atoms with Crippen LogP contribution in [-0.2, 0) is 11.2 Å². The number of hydrogen-bond acceptors (Lipinski definition) is 4. The van der Waals surface area contributed by atoms with Crippen molar-refractivity contribution in [2.24, 2.45) is 0 Å². The topological polar surface area (TPSA) is 93.7 Å². The number of rotatable bonds is 7. The maximum atomic E-state index is 14.2. The highest BCUT2D eigenvalue weighted by atomic mass is 16.5. The van der Waals surface area contributed by atoms with Crippen molar-refractivity contribution < 1.29 is 19.6 Å². The quantitative estimate of drug-likeness (QED) is 0.173. The second-order valence-electron chi connectivity index (χ2n) is 9.51. The number of hydroxylamine groups is 2. The zero-order valence-corrected chi connectivity index (χ0v) is 20.9. The first-order chi connectivity index (χ1) is 19.0. The lowest BCUT2D eigenvalue weighted by atomic mass is 9.96. The van der Waals surface area contributed by atoms with Crippen molar-refractivity contribution in [1.29, 1.82) is 0 Å². The number of fused-ring (bicyclic) bond motifs is 2. The number of benzene rings is 4. The first-order valence-electron chi connectivity index (χ1n) is 12.7. The second kappa shape index (κ2) is 10.0. The van der Waals surface area contributed by atoms with Gasteiger partial charge < -0.3 is 4.98 Å². The van der Waals surface area contributed by atoms with E-state index in [1.165, 1.54) is 0 Å². The number of imide groups is 1. The van der Waals surface area contributed by atoms with Crippen LogP contribution in [0.25, 0.3) is 10.9 Å². The highest BCUT2D eigenvalue weighted by Crippen LogP contribution is 2.32. The summed E-state index contributed by atoms with van der Waals surface area (Å²) in [6, 6.07) is 30.3.